The minimum Gasteiger partial charge on any atom is -0.376 e. The van der Waals surface area contributed by atoms with Crippen molar-refractivity contribution in [1.29, 1.82) is 0 Å². The molecule has 1 nitrogen and oxygen atoms in total. The van der Waals surface area contributed by atoms with Crippen molar-refractivity contribution in [3.8, 4) is 22.3 Å². The van der Waals surface area contributed by atoms with Crippen LogP contribution in [0.2, 0.25) is 0 Å². The van der Waals surface area contributed by atoms with Gasteiger partial charge in [0, 0.05) is 14.5 Å². The molecule has 44 heavy (non-hydrogen) atoms. The van der Waals surface area contributed by atoms with Crippen LogP contribution < -0.4 is 0 Å². The molecule has 1 unspecified atom stereocenters. The van der Waals surface area contributed by atoms with Crippen LogP contribution in [0.25, 0.3) is 22.3 Å². The maximum Gasteiger partial charge on any atom is 0.141 e. The smallest absolute Gasteiger partial charge is 0.141 e. The molecule has 4 heteroatoms. The molecule has 0 saturated heterocycles. The standard InChI is InChI=1S/C40H37BBr2O/c1-2-3-4-5-6-11-26-39(41)36-14-9-8-13-34(36)35-25-16-28(27-38(35)39)33-12-7-10-15-37(33)40(44,29-17-21-31(42)22-18-29)30-19-23-32(43)24-20-30/h7-10,12-25,27,44H,2-6,11,26H2,1H3. The summed E-state index contributed by atoms with van der Waals surface area (Å²) in [5, 5.41) is 12.3. The Balaban J connectivity index is 1.46. The molecule has 0 amide bonds. The first-order valence-corrected chi connectivity index (χ1v) is 17.3. The lowest BCUT2D eigenvalue weighted by Crippen LogP contribution is -2.29. The summed E-state index contributed by atoms with van der Waals surface area (Å²) in [5.41, 5.74) is 7.95. The van der Waals surface area contributed by atoms with Crippen LogP contribution in [-0.4, -0.2) is 13.0 Å². The van der Waals surface area contributed by atoms with Crippen molar-refractivity contribution in [2.45, 2.75) is 62.8 Å². The first-order valence-electron chi connectivity index (χ1n) is 15.7. The van der Waals surface area contributed by atoms with Gasteiger partial charge in [0.05, 0.1) is 7.85 Å². The highest BCUT2D eigenvalue weighted by Gasteiger charge is 2.39. The van der Waals surface area contributed by atoms with Crippen LogP contribution >= 0.6 is 31.9 Å². The lowest BCUT2D eigenvalue weighted by Gasteiger charge is -2.33. The highest BCUT2D eigenvalue weighted by atomic mass is 79.9. The number of fused-ring (bicyclic) bond motifs is 3. The van der Waals surface area contributed by atoms with Gasteiger partial charge in [-0.3, -0.25) is 0 Å². The first-order chi connectivity index (χ1) is 21.4. The Bertz CT molecular complexity index is 1700. The van der Waals surface area contributed by atoms with Crippen LogP contribution in [0.1, 0.15) is 79.7 Å². The SMILES string of the molecule is [B]C1(CCCCCCCC)c2ccccc2-c2ccc(-c3ccccc3C(O)(c3ccc(Br)cc3)c3ccc(Br)cc3)cc21. The second kappa shape index (κ2) is 13.2. The largest absolute Gasteiger partial charge is 0.376 e. The molecular weight excluding hydrogens is 667 g/mol. The molecule has 1 aliphatic carbocycles. The quantitative estimate of drug-likeness (QED) is 0.0825. The maximum atomic E-state index is 12.8. The lowest BCUT2D eigenvalue weighted by atomic mass is 9.59. The van der Waals surface area contributed by atoms with E-state index in [4.69, 9.17) is 7.85 Å². The second-order valence-electron chi connectivity index (χ2n) is 12.1. The molecule has 0 aliphatic heterocycles. The summed E-state index contributed by atoms with van der Waals surface area (Å²) in [6, 6.07) is 39.5. The number of rotatable bonds is 11. The van der Waals surface area contributed by atoms with Crippen LogP contribution in [-0.2, 0) is 10.9 Å². The van der Waals surface area contributed by atoms with Gasteiger partial charge in [-0.2, -0.15) is 0 Å². The molecule has 1 N–H and O–H groups in total. The van der Waals surface area contributed by atoms with E-state index in [9.17, 15) is 5.11 Å². The number of hydrogen-bond acceptors (Lipinski definition) is 1. The highest BCUT2D eigenvalue weighted by Crippen LogP contribution is 2.51. The van der Waals surface area contributed by atoms with Crippen molar-refractivity contribution in [3.63, 3.8) is 0 Å². The van der Waals surface area contributed by atoms with E-state index in [2.05, 4.69) is 93.4 Å². The Hall–Kier alpha value is -2.92. The van der Waals surface area contributed by atoms with Gasteiger partial charge in [0.25, 0.3) is 0 Å². The molecule has 0 bridgehead atoms. The van der Waals surface area contributed by atoms with Gasteiger partial charge in [0.2, 0.25) is 0 Å². The minimum atomic E-state index is -1.38. The van der Waals surface area contributed by atoms with E-state index in [0.717, 1.165) is 49.6 Å². The molecule has 5 aromatic carbocycles. The van der Waals surface area contributed by atoms with Gasteiger partial charge < -0.3 is 5.11 Å². The molecule has 5 aromatic rings. The zero-order valence-electron chi connectivity index (χ0n) is 25.2. The van der Waals surface area contributed by atoms with E-state index in [1.54, 1.807) is 0 Å². The van der Waals surface area contributed by atoms with Crippen molar-refractivity contribution < 1.29 is 5.11 Å². The van der Waals surface area contributed by atoms with Gasteiger partial charge in [0.1, 0.15) is 5.60 Å². The van der Waals surface area contributed by atoms with Crippen LogP contribution in [0.3, 0.4) is 0 Å². The van der Waals surface area contributed by atoms with E-state index in [1.807, 2.05) is 60.7 Å². The summed E-state index contributed by atoms with van der Waals surface area (Å²) < 4.78 is 1.94. The van der Waals surface area contributed by atoms with E-state index in [1.165, 1.54) is 54.4 Å². The molecule has 0 fully saturated rings. The van der Waals surface area contributed by atoms with E-state index >= 15 is 0 Å². The van der Waals surface area contributed by atoms with Crippen LogP contribution in [0.4, 0.5) is 0 Å². The van der Waals surface area contributed by atoms with Crippen molar-refractivity contribution in [2.24, 2.45) is 0 Å². The summed E-state index contributed by atoms with van der Waals surface area (Å²) in [6.07, 6.45) is 8.32. The van der Waals surface area contributed by atoms with Crippen molar-refractivity contribution in [1.82, 2.24) is 0 Å². The highest BCUT2D eigenvalue weighted by molar-refractivity contribution is 9.10. The van der Waals surface area contributed by atoms with Crippen molar-refractivity contribution in [2.75, 3.05) is 0 Å². The third-order valence-electron chi connectivity index (χ3n) is 9.27. The molecule has 0 heterocycles. The van der Waals surface area contributed by atoms with Gasteiger partial charge in [-0.1, -0.05) is 168 Å². The van der Waals surface area contributed by atoms with E-state index in [0.29, 0.717) is 0 Å². The van der Waals surface area contributed by atoms with Gasteiger partial charge in [0.15, 0.2) is 0 Å². The average Bonchev–Trinajstić information content (AvgIpc) is 3.30. The topological polar surface area (TPSA) is 20.2 Å². The summed E-state index contributed by atoms with van der Waals surface area (Å²) in [4.78, 5) is 0. The van der Waals surface area contributed by atoms with E-state index < -0.39 is 10.9 Å². The number of benzene rings is 5. The normalized spacial score (nSPS) is 15.6. The Morgan fingerprint density at radius 2 is 1.16 bits per heavy atom. The molecule has 0 aromatic heterocycles. The van der Waals surface area contributed by atoms with Crippen LogP contribution in [0, 0.1) is 0 Å². The summed E-state index contributed by atoms with van der Waals surface area (Å²) in [6.45, 7) is 2.26. The van der Waals surface area contributed by atoms with Gasteiger partial charge in [-0.05, 0) is 80.5 Å². The van der Waals surface area contributed by atoms with Gasteiger partial charge >= 0.3 is 0 Å². The van der Waals surface area contributed by atoms with Gasteiger partial charge in [-0.15, -0.1) is 0 Å². The summed E-state index contributed by atoms with van der Waals surface area (Å²) in [7, 11) is 7.45. The fraction of sp³-hybridized carbons (Fsp3) is 0.250. The summed E-state index contributed by atoms with van der Waals surface area (Å²) in [5.74, 6) is 0. The second-order valence-corrected chi connectivity index (χ2v) is 13.9. The Morgan fingerprint density at radius 3 is 1.82 bits per heavy atom. The fourth-order valence-corrected chi connectivity index (χ4v) is 7.46. The zero-order valence-corrected chi connectivity index (χ0v) is 28.4. The monoisotopic (exact) mass is 702 g/mol. The molecule has 0 saturated carbocycles. The third-order valence-corrected chi connectivity index (χ3v) is 10.3. The van der Waals surface area contributed by atoms with Crippen molar-refractivity contribution in [3.05, 3.63) is 152 Å². The number of hydrogen-bond donors (Lipinski definition) is 1. The summed E-state index contributed by atoms with van der Waals surface area (Å²) >= 11 is 7.14. The average molecular weight is 704 g/mol. The predicted octanol–water partition coefficient (Wildman–Crippen LogP) is 11.3. The fourth-order valence-electron chi connectivity index (χ4n) is 6.93. The first kappa shape index (κ1) is 31.1. The maximum absolute atomic E-state index is 12.8. The molecule has 0 spiro atoms. The van der Waals surface area contributed by atoms with E-state index in [-0.39, 0.29) is 0 Å². The molecule has 220 valence electrons. The Morgan fingerprint density at radius 1 is 0.614 bits per heavy atom. The number of halogens is 2. The molecule has 1 atom stereocenters. The molecule has 1 aliphatic rings. The van der Waals surface area contributed by atoms with Crippen LogP contribution in [0.15, 0.2) is 124 Å². The molecular formula is C40H37BBr2O. The minimum absolute atomic E-state index is 0.546. The Labute approximate surface area is 280 Å². The van der Waals surface area contributed by atoms with Crippen LogP contribution in [0.5, 0.6) is 0 Å². The number of aliphatic hydroxyl groups is 1. The van der Waals surface area contributed by atoms with Crippen molar-refractivity contribution >= 4 is 39.7 Å². The lowest BCUT2D eigenvalue weighted by molar-refractivity contribution is 0.126. The van der Waals surface area contributed by atoms with Gasteiger partial charge in [-0.25, -0.2) is 0 Å². The number of unbranched alkanes of at least 4 members (excludes halogenated alkanes) is 5. The predicted molar refractivity (Wildman–Crippen MR) is 192 cm³/mol. The third kappa shape index (κ3) is 5.77. The molecule has 2 radical (unpaired) electrons. The Kier molecular flexibility index (Phi) is 9.33. The molecule has 6 rings (SSSR count). The zero-order chi connectivity index (χ0) is 30.7.